The van der Waals surface area contributed by atoms with Crippen molar-refractivity contribution in [2.45, 2.75) is 12.2 Å². The molecule has 1 aromatic carbocycles. The van der Waals surface area contributed by atoms with E-state index in [9.17, 15) is 37.3 Å². The van der Waals surface area contributed by atoms with Gasteiger partial charge >= 0.3 is 12.2 Å². The third-order valence-corrected chi connectivity index (χ3v) is 2.16. The Balaban J connectivity index is 3.37. The normalized spacial score (nSPS) is 13.1. The molecular formula is C8H5F5N4O4. The molecule has 0 saturated carbocycles. The maximum atomic E-state index is 13.2. The molecule has 0 aromatic heterocycles. The van der Waals surface area contributed by atoms with Crippen LogP contribution in [-0.4, -0.2) is 27.3 Å². The number of nitro groups is 1. The maximum Gasteiger partial charge on any atom is 0.481 e. The van der Waals surface area contributed by atoms with Crippen LogP contribution >= 0.6 is 0 Å². The molecule has 0 spiro atoms. The van der Waals surface area contributed by atoms with Crippen molar-refractivity contribution in [3.05, 3.63) is 39.6 Å². The van der Waals surface area contributed by atoms with Crippen molar-refractivity contribution < 1.29 is 37.1 Å². The third-order valence-electron chi connectivity index (χ3n) is 2.16. The summed E-state index contributed by atoms with van der Waals surface area (Å²) in [6.45, 7) is 0. The van der Waals surface area contributed by atoms with Gasteiger partial charge in [-0.15, -0.1) is 0 Å². The Kier molecular flexibility index (Phi) is 4.15. The molecule has 0 heterocycles. The lowest BCUT2D eigenvalue weighted by molar-refractivity contribution is -0.600. The third kappa shape index (κ3) is 3.06. The van der Waals surface area contributed by atoms with Gasteiger partial charge in [-0.25, -0.2) is 0 Å². The maximum absolute atomic E-state index is 13.2. The molecule has 116 valence electrons. The molecule has 1 rings (SSSR count). The van der Waals surface area contributed by atoms with Crippen LogP contribution in [0.15, 0.2) is 29.5 Å². The second kappa shape index (κ2) is 5.34. The predicted molar refractivity (Wildman–Crippen MR) is 54.4 cm³/mol. The number of non-ortho nitro benzene ring substituents is 1. The van der Waals surface area contributed by atoms with E-state index in [0.29, 0.717) is 24.3 Å². The standard InChI is InChI=1S/C8H5F5N4O4/c9-7(10,11)8(12,13)15(17(21)14-18)5-1-3-6(4-2-5)16(19)20/h1-4,18H/b17-14-. The average Bonchev–Trinajstić information content (AvgIpc) is 2.37. The molecule has 0 unspecified atom stereocenters. The van der Waals surface area contributed by atoms with Crippen LogP contribution in [0.25, 0.3) is 0 Å². The first-order valence-electron chi connectivity index (χ1n) is 4.83. The lowest BCUT2D eigenvalue weighted by atomic mass is 10.2. The van der Waals surface area contributed by atoms with Gasteiger partial charge in [-0.05, 0) is 17.1 Å². The fourth-order valence-electron chi connectivity index (χ4n) is 1.24. The number of nitro benzene ring substituents is 1. The van der Waals surface area contributed by atoms with Crippen LogP contribution in [-0.2, 0) is 0 Å². The van der Waals surface area contributed by atoms with Crippen LogP contribution in [0, 0.1) is 15.3 Å². The molecule has 0 aliphatic carbocycles. The number of hydrazine groups is 1. The molecular weight excluding hydrogens is 311 g/mol. The van der Waals surface area contributed by atoms with Gasteiger partial charge in [-0.3, -0.25) is 10.1 Å². The zero-order valence-corrected chi connectivity index (χ0v) is 9.66. The zero-order chi connectivity index (χ0) is 16.4. The molecule has 13 heteroatoms. The van der Waals surface area contributed by atoms with Gasteiger partial charge in [0.25, 0.3) is 5.69 Å². The van der Waals surface area contributed by atoms with Gasteiger partial charge in [0.2, 0.25) is 5.28 Å². The Bertz CT molecular complexity index is 559. The van der Waals surface area contributed by atoms with E-state index in [1.807, 2.05) is 0 Å². The van der Waals surface area contributed by atoms with Crippen molar-refractivity contribution in [3.8, 4) is 0 Å². The van der Waals surface area contributed by atoms with Gasteiger partial charge in [0, 0.05) is 12.1 Å². The summed E-state index contributed by atoms with van der Waals surface area (Å²) in [6.07, 6.45) is -6.16. The van der Waals surface area contributed by atoms with Crippen LogP contribution in [0.1, 0.15) is 0 Å². The Labute approximate surface area is 112 Å². The number of halogens is 5. The molecule has 0 saturated heterocycles. The van der Waals surface area contributed by atoms with Crippen LogP contribution in [0.3, 0.4) is 0 Å². The highest BCUT2D eigenvalue weighted by Crippen LogP contribution is 2.41. The topological polar surface area (TPSA) is 105 Å². The first kappa shape index (κ1) is 16.3. The molecule has 0 amide bonds. The average molecular weight is 316 g/mol. The monoisotopic (exact) mass is 316 g/mol. The highest BCUT2D eigenvalue weighted by Gasteiger charge is 2.67. The van der Waals surface area contributed by atoms with Crippen LogP contribution in [0.5, 0.6) is 0 Å². The summed E-state index contributed by atoms with van der Waals surface area (Å²) in [5.74, 6) is 0. The zero-order valence-electron chi connectivity index (χ0n) is 9.66. The van der Waals surface area contributed by atoms with Crippen molar-refractivity contribution in [2.24, 2.45) is 5.28 Å². The molecule has 1 aromatic rings. The lowest BCUT2D eigenvalue weighted by Crippen LogP contribution is -2.55. The van der Waals surface area contributed by atoms with E-state index in [1.165, 1.54) is 0 Å². The molecule has 0 radical (unpaired) electrons. The van der Waals surface area contributed by atoms with E-state index in [4.69, 9.17) is 5.21 Å². The summed E-state index contributed by atoms with van der Waals surface area (Å²) in [5, 5.41) is 29.9. The highest BCUT2D eigenvalue weighted by molar-refractivity contribution is 5.49. The molecule has 0 aliphatic heterocycles. The van der Waals surface area contributed by atoms with Crippen LogP contribution in [0.2, 0.25) is 0 Å². The summed E-state index contributed by atoms with van der Waals surface area (Å²) in [7, 11) is 0. The molecule has 0 atom stereocenters. The quantitative estimate of drug-likeness (QED) is 0.230. The lowest BCUT2D eigenvalue weighted by Gasteiger charge is -2.27. The summed E-state index contributed by atoms with van der Waals surface area (Å²) in [6, 6.07) is -3.58. The number of anilines is 1. The smallest absolute Gasteiger partial charge is 0.481 e. The van der Waals surface area contributed by atoms with Gasteiger partial charge in [0.1, 0.15) is 5.69 Å². The number of hydrogen-bond acceptors (Lipinski definition) is 4. The Hall–Kier alpha value is -2.73. The van der Waals surface area contributed by atoms with Crippen molar-refractivity contribution in [1.29, 1.82) is 0 Å². The fourth-order valence-corrected chi connectivity index (χ4v) is 1.24. The minimum absolute atomic E-state index is 0.466. The molecule has 1 N–H and O–H groups in total. The Morgan fingerprint density at radius 1 is 1.10 bits per heavy atom. The molecule has 0 aliphatic rings. The first-order chi connectivity index (χ1) is 9.52. The van der Waals surface area contributed by atoms with Gasteiger partial charge < -0.3 is 10.4 Å². The SMILES string of the molecule is O=[N+]([O-])c1ccc(N(/[N+]([O-])=N/O)C(F)(F)C(F)(F)F)cc1. The van der Waals surface area contributed by atoms with Crippen molar-refractivity contribution in [2.75, 3.05) is 5.01 Å². The number of alkyl halides is 5. The number of rotatable bonds is 4. The summed E-state index contributed by atoms with van der Waals surface area (Å²) in [4.78, 5) is 8.04. The van der Waals surface area contributed by atoms with E-state index in [2.05, 4.69) is 0 Å². The fraction of sp³-hybridized carbons (Fsp3) is 0.250. The van der Waals surface area contributed by atoms with E-state index in [0.717, 1.165) is 0 Å². The van der Waals surface area contributed by atoms with Gasteiger partial charge in [-0.2, -0.15) is 22.0 Å². The minimum Gasteiger partial charge on any atom is -0.568 e. The second-order valence-corrected chi connectivity index (χ2v) is 3.47. The molecule has 21 heavy (non-hydrogen) atoms. The molecule has 8 nitrogen and oxygen atoms in total. The van der Waals surface area contributed by atoms with E-state index in [1.54, 1.807) is 5.28 Å². The summed E-state index contributed by atoms with van der Waals surface area (Å²) >= 11 is 0. The highest BCUT2D eigenvalue weighted by atomic mass is 19.4. The minimum atomic E-state index is -6.16. The predicted octanol–water partition coefficient (Wildman–Crippen LogP) is 2.82. The summed E-state index contributed by atoms with van der Waals surface area (Å²) in [5.41, 5.74) is -1.68. The number of nitrogens with zero attached hydrogens (tertiary/aromatic N) is 4. The number of benzene rings is 1. The van der Waals surface area contributed by atoms with Crippen molar-refractivity contribution in [3.63, 3.8) is 0 Å². The first-order valence-corrected chi connectivity index (χ1v) is 4.83. The second-order valence-electron chi connectivity index (χ2n) is 3.47. The largest absolute Gasteiger partial charge is 0.568 e. The molecule has 0 bridgehead atoms. The van der Waals surface area contributed by atoms with Crippen LogP contribution in [0.4, 0.5) is 33.3 Å². The Morgan fingerprint density at radius 2 is 1.57 bits per heavy atom. The Morgan fingerprint density at radius 3 is 1.90 bits per heavy atom. The van der Waals surface area contributed by atoms with Gasteiger partial charge in [0.05, 0.1) is 9.89 Å². The summed E-state index contributed by atoms with van der Waals surface area (Å²) < 4.78 is 63.3. The van der Waals surface area contributed by atoms with Crippen molar-refractivity contribution >= 4 is 11.4 Å². The van der Waals surface area contributed by atoms with Crippen molar-refractivity contribution in [1.82, 2.24) is 0 Å². The van der Waals surface area contributed by atoms with Gasteiger partial charge in [-0.1, -0.05) is 0 Å². The van der Waals surface area contributed by atoms with E-state index >= 15 is 0 Å². The van der Waals surface area contributed by atoms with E-state index < -0.39 is 38.5 Å². The van der Waals surface area contributed by atoms with E-state index in [-0.39, 0.29) is 0 Å². The molecule has 0 fully saturated rings. The van der Waals surface area contributed by atoms with Gasteiger partial charge in [0.15, 0.2) is 0 Å². The van der Waals surface area contributed by atoms with Crippen LogP contribution < -0.4 is 5.01 Å². The number of hydrogen-bond donors (Lipinski definition) is 1.